The average Bonchev–Trinajstić information content (AvgIpc) is 3.29. The maximum absolute atomic E-state index is 12.7. The standard InChI is InChI=1S/C21H23N5O2/c1-24(14-17-2-6-19(7-3-17)25-10-12-28-13-11-25)21(27)18-4-8-20(9-5-18)26-16-22-15-23-26/h2-9,15-16H,10-14H2,1H3. The van der Waals surface area contributed by atoms with Gasteiger partial charge in [0.2, 0.25) is 0 Å². The number of nitrogens with zero attached hydrogens (tertiary/aromatic N) is 5. The molecule has 144 valence electrons. The Hall–Kier alpha value is -3.19. The Balaban J connectivity index is 1.38. The van der Waals surface area contributed by atoms with Crippen molar-refractivity contribution in [2.75, 3.05) is 38.3 Å². The summed E-state index contributed by atoms with van der Waals surface area (Å²) in [6, 6.07) is 15.8. The third kappa shape index (κ3) is 4.04. The van der Waals surface area contributed by atoms with Crippen molar-refractivity contribution in [2.45, 2.75) is 6.54 Å². The van der Waals surface area contributed by atoms with E-state index in [1.807, 2.05) is 31.3 Å². The van der Waals surface area contributed by atoms with Gasteiger partial charge in [-0.1, -0.05) is 12.1 Å². The van der Waals surface area contributed by atoms with E-state index in [9.17, 15) is 4.79 Å². The van der Waals surface area contributed by atoms with Crippen molar-refractivity contribution in [3.63, 3.8) is 0 Å². The molecule has 1 saturated heterocycles. The number of carbonyl (C=O) groups excluding carboxylic acids is 1. The van der Waals surface area contributed by atoms with E-state index in [1.54, 1.807) is 15.9 Å². The predicted octanol–water partition coefficient (Wildman–Crippen LogP) is 2.38. The van der Waals surface area contributed by atoms with E-state index < -0.39 is 0 Å². The van der Waals surface area contributed by atoms with Gasteiger partial charge in [0.05, 0.1) is 18.9 Å². The number of hydrogen-bond donors (Lipinski definition) is 0. The molecule has 1 aliphatic heterocycles. The highest BCUT2D eigenvalue weighted by Crippen LogP contribution is 2.18. The van der Waals surface area contributed by atoms with Crippen molar-refractivity contribution >= 4 is 11.6 Å². The first kappa shape index (κ1) is 18.2. The quantitative estimate of drug-likeness (QED) is 0.683. The molecule has 1 amide bonds. The molecule has 0 aliphatic carbocycles. The molecular formula is C21H23N5O2. The zero-order chi connectivity index (χ0) is 19.3. The van der Waals surface area contributed by atoms with Crippen LogP contribution in [0.2, 0.25) is 0 Å². The predicted molar refractivity (Wildman–Crippen MR) is 107 cm³/mol. The van der Waals surface area contributed by atoms with Gasteiger partial charge in [0.15, 0.2) is 0 Å². The third-order valence-electron chi connectivity index (χ3n) is 4.88. The monoisotopic (exact) mass is 377 g/mol. The van der Waals surface area contributed by atoms with Crippen molar-refractivity contribution < 1.29 is 9.53 Å². The molecule has 0 atom stereocenters. The van der Waals surface area contributed by atoms with Crippen LogP contribution in [-0.2, 0) is 11.3 Å². The minimum atomic E-state index is -0.0117. The highest BCUT2D eigenvalue weighted by molar-refractivity contribution is 5.94. The molecule has 0 bridgehead atoms. The molecule has 0 saturated carbocycles. The largest absolute Gasteiger partial charge is 0.378 e. The van der Waals surface area contributed by atoms with Gasteiger partial charge in [-0.3, -0.25) is 4.79 Å². The topological polar surface area (TPSA) is 63.5 Å². The summed E-state index contributed by atoms with van der Waals surface area (Å²) in [4.78, 5) is 20.7. The van der Waals surface area contributed by atoms with Gasteiger partial charge in [0.1, 0.15) is 12.7 Å². The first-order valence-electron chi connectivity index (χ1n) is 9.33. The Morgan fingerprint density at radius 2 is 1.71 bits per heavy atom. The van der Waals surface area contributed by atoms with E-state index in [1.165, 1.54) is 12.0 Å². The van der Waals surface area contributed by atoms with Crippen LogP contribution >= 0.6 is 0 Å². The van der Waals surface area contributed by atoms with Crippen LogP contribution in [0.5, 0.6) is 0 Å². The number of benzene rings is 2. The lowest BCUT2D eigenvalue weighted by atomic mass is 10.1. The second-order valence-electron chi connectivity index (χ2n) is 6.81. The summed E-state index contributed by atoms with van der Waals surface area (Å²) < 4.78 is 7.06. The number of ether oxygens (including phenoxy) is 1. The van der Waals surface area contributed by atoms with E-state index in [0.29, 0.717) is 12.1 Å². The van der Waals surface area contributed by atoms with Gasteiger partial charge < -0.3 is 14.5 Å². The fourth-order valence-electron chi connectivity index (χ4n) is 3.30. The molecule has 0 unspecified atom stereocenters. The fraction of sp³-hybridized carbons (Fsp3) is 0.286. The van der Waals surface area contributed by atoms with Gasteiger partial charge in [0.25, 0.3) is 5.91 Å². The van der Waals surface area contributed by atoms with Crippen LogP contribution in [0.1, 0.15) is 15.9 Å². The summed E-state index contributed by atoms with van der Waals surface area (Å²) in [5, 5.41) is 4.09. The molecular weight excluding hydrogens is 354 g/mol. The molecule has 3 aromatic rings. The average molecular weight is 377 g/mol. The maximum atomic E-state index is 12.7. The van der Waals surface area contributed by atoms with Gasteiger partial charge in [0, 0.05) is 37.9 Å². The first-order valence-corrected chi connectivity index (χ1v) is 9.33. The number of hydrogen-bond acceptors (Lipinski definition) is 5. The Morgan fingerprint density at radius 1 is 1.04 bits per heavy atom. The second kappa shape index (κ2) is 8.22. The van der Waals surface area contributed by atoms with Crippen LogP contribution in [0.25, 0.3) is 5.69 Å². The van der Waals surface area contributed by atoms with Crippen LogP contribution < -0.4 is 4.90 Å². The van der Waals surface area contributed by atoms with Crippen molar-refractivity contribution in [2.24, 2.45) is 0 Å². The van der Waals surface area contributed by atoms with Gasteiger partial charge >= 0.3 is 0 Å². The van der Waals surface area contributed by atoms with Crippen LogP contribution in [-0.4, -0.2) is 58.9 Å². The maximum Gasteiger partial charge on any atom is 0.253 e. The Kier molecular flexibility index (Phi) is 5.34. The lowest BCUT2D eigenvalue weighted by Gasteiger charge is -2.29. The van der Waals surface area contributed by atoms with Gasteiger partial charge in [-0.25, -0.2) is 9.67 Å². The van der Waals surface area contributed by atoms with E-state index in [2.05, 4.69) is 39.2 Å². The number of rotatable bonds is 5. The molecule has 2 aromatic carbocycles. The molecule has 0 N–H and O–H groups in total. The summed E-state index contributed by atoms with van der Waals surface area (Å²) in [6.07, 6.45) is 3.11. The van der Waals surface area contributed by atoms with Gasteiger partial charge in [-0.2, -0.15) is 5.10 Å². The van der Waals surface area contributed by atoms with Crippen LogP contribution in [0.15, 0.2) is 61.2 Å². The molecule has 0 spiro atoms. The summed E-state index contributed by atoms with van der Waals surface area (Å²) in [5.41, 5.74) is 3.82. The minimum Gasteiger partial charge on any atom is -0.378 e. The molecule has 0 radical (unpaired) electrons. The van der Waals surface area contributed by atoms with E-state index in [4.69, 9.17) is 4.74 Å². The molecule has 1 fully saturated rings. The molecule has 7 heteroatoms. The Bertz CT molecular complexity index is 901. The van der Waals surface area contributed by atoms with Crippen LogP contribution in [0.4, 0.5) is 5.69 Å². The Morgan fingerprint density at radius 3 is 2.36 bits per heavy atom. The molecule has 1 aromatic heterocycles. The molecule has 2 heterocycles. The number of aromatic nitrogens is 3. The van der Waals surface area contributed by atoms with E-state index >= 15 is 0 Å². The van der Waals surface area contributed by atoms with Crippen molar-refractivity contribution in [1.29, 1.82) is 0 Å². The third-order valence-corrected chi connectivity index (χ3v) is 4.88. The number of amides is 1. The van der Waals surface area contributed by atoms with E-state index in [0.717, 1.165) is 37.6 Å². The number of carbonyl (C=O) groups is 1. The molecule has 1 aliphatic rings. The summed E-state index contributed by atoms with van der Waals surface area (Å²) in [5.74, 6) is -0.0117. The Labute approximate surface area is 164 Å². The summed E-state index contributed by atoms with van der Waals surface area (Å²) >= 11 is 0. The zero-order valence-corrected chi connectivity index (χ0v) is 15.9. The zero-order valence-electron chi connectivity index (χ0n) is 15.9. The van der Waals surface area contributed by atoms with Gasteiger partial charge in [-0.15, -0.1) is 0 Å². The molecule has 4 rings (SSSR count). The molecule has 7 nitrogen and oxygen atoms in total. The lowest BCUT2D eigenvalue weighted by molar-refractivity contribution is 0.0785. The SMILES string of the molecule is CN(Cc1ccc(N2CCOCC2)cc1)C(=O)c1ccc(-n2cncn2)cc1. The fourth-order valence-corrected chi connectivity index (χ4v) is 3.30. The lowest BCUT2D eigenvalue weighted by Crippen LogP contribution is -2.36. The van der Waals surface area contributed by atoms with Gasteiger partial charge in [-0.05, 0) is 42.0 Å². The van der Waals surface area contributed by atoms with Crippen LogP contribution in [0, 0.1) is 0 Å². The highest BCUT2D eigenvalue weighted by Gasteiger charge is 2.14. The molecule has 28 heavy (non-hydrogen) atoms. The second-order valence-corrected chi connectivity index (χ2v) is 6.81. The van der Waals surface area contributed by atoms with Crippen molar-refractivity contribution in [1.82, 2.24) is 19.7 Å². The summed E-state index contributed by atoms with van der Waals surface area (Å²) in [6.45, 7) is 3.95. The van der Waals surface area contributed by atoms with E-state index in [-0.39, 0.29) is 5.91 Å². The number of anilines is 1. The highest BCUT2D eigenvalue weighted by atomic mass is 16.5. The smallest absolute Gasteiger partial charge is 0.253 e. The normalized spacial score (nSPS) is 14.1. The van der Waals surface area contributed by atoms with Crippen LogP contribution in [0.3, 0.4) is 0 Å². The first-order chi connectivity index (χ1) is 13.7. The van der Waals surface area contributed by atoms with Crippen molar-refractivity contribution in [3.8, 4) is 5.69 Å². The number of morpholine rings is 1. The van der Waals surface area contributed by atoms with Crippen molar-refractivity contribution in [3.05, 3.63) is 72.3 Å². The minimum absolute atomic E-state index is 0.0117. The summed E-state index contributed by atoms with van der Waals surface area (Å²) in [7, 11) is 1.82.